The fourth-order valence-electron chi connectivity index (χ4n) is 1.70. The van der Waals surface area contributed by atoms with E-state index in [4.69, 9.17) is 0 Å². The van der Waals surface area contributed by atoms with E-state index in [9.17, 15) is 5.11 Å². The zero-order valence-corrected chi connectivity index (χ0v) is 7.01. The van der Waals surface area contributed by atoms with Gasteiger partial charge in [-0.3, -0.25) is 9.88 Å². The van der Waals surface area contributed by atoms with Crippen LogP contribution in [0.4, 0.5) is 0 Å². The third-order valence-corrected chi connectivity index (χ3v) is 2.36. The van der Waals surface area contributed by atoms with E-state index in [2.05, 4.69) is 9.88 Å². The van der Waals surface area contributed by atoms with Gasteiger partial charge in [0, 0.05) is 18.9 Å². The molecule has 2 heterocycles. The minimum atomic E-state index is -0.211. The van der Waals surface area contributed by atoms with E-state index >= 15 is 0 Å². The first-order valence-electron chi connectivity index (χ1n) is 4.07. The molecule has 64 valence electrons. The summed E-state index contributed by atoms with van der Waals surface area (Å²) in [5.74, 6) is 0. The third-order valence-electron chi connectivity index (χ3n) is 2.36. The van der Waals surface area contributed by atoms with E-state index in [-0.39, 0.29) is 12.1 Å². The Morgan fingerprint density at radius 3 is 2.67 bits per heavy atom. The monoisotopic (exact) mass is 164 g/mol. The highest BCUT2D eigenvalue weighted by molar-refractivity contribution is 5.19. The number of nitrogens with zero attached hydrogens (tertiary/aromatic N) is 2. The number of hydrogen-bond donors (Lipinski definition) is 1. The molecule has 2 atom stereocenters. The molecular formula is C9H12N2O. The standard InChI is InChI=1S/C9H12N2O/c1-11-6-8(12)9(11)7-2-4-10-5-3-7/h2-5,8-9,12H,6H2,1H3. The van der Waals surface area contributed by atoms with E-state index < -0.39 is 0 Å². The summed E-state index contributed by atoms with van der Waals surface area (Å²) in [6.07, 6.45) is 3.31. The van der Waals surface area contributed by atoms with Crippen LogP contribution in [0.2, 0.25) is 0 Å². The Kier molecular flexibility index (Phi) is 1.83. The number of β-amino-alcohol motifs (C(OH)–C–C–N with tert-alkyl or cyclic N) is 1. The first-order chi connectivity index (χ1) is 5.79. The predicted octanol–water partition coefficient (Wildman–Crippen LogP) is 0.429. The van der Waals surface area contributed by atoms with Gasteiger partial charge in [0.1, 0.15) is 0 Å². The van der Waals surface area contributed by atoms with Gasteiger partial charge in [0.25, 0.3) is 0 Å². The van der Waals surface area contributed by atoms with Gasteiger partial charge in [-0.25, -0.2) is 0 Å². The van der Waals surface area contributed by atoms with Crippen molar-refractivity contribution in [3.05, 3.63) is 30.1 Å². The number of hydrogen-bond acceptors (Lipinski definition) is 3. The second-order valence-corrected chi connectivity index (χ2v) is 3.23. The minimum Gasteiger partial charge on any atom is -0.390 e. The number of likely N-dealkylation sites (N-methyl/N-ethyl adjacent to an activating group) is 1. The van der Waals surface area contributed by atoms with Crippen molar-refractivity contribution >= 4 is 0 Å². The lowest BCUT2D eigenvalue weighted by atomic mass is 9.93. The van der Waals surface area contributed by atoms with Gasteiger partial charge in [-0.1, -0.05) is 0 Å². The number of rotatable bonds is 1. The summed E-state index contributed by atoms with van der Waals surface area (Å²) < 4.78 is 0. The molecule has 0 amide bonds. The zero-order valence-electron chi connectivity index (χ0n) is 7.01. The molecule has 1 aromatic heterocycles. The Morgan fingerprint density at radius 2 is 2.17 bits per heavy atom. The molecule has 1 aromatic rings. The van der Waals surface area contributed by atoms with Crippen molar-refractivity contribution < 1.29 is 5.11 Å². The molecular weight excluding hydrogens is 152 g/mol. The summed E-state index contributed by atoms with van der Waals surface area (Å²) in [4.78, 5) is 6.06. The smallest absolute Gasteiger partial charge is 0.0863 e. The first kappa shape index (κ1) is 7.71. The molecule has 0 radical (unpaired) electrons. The molecule has 2 unspecified atom stereocenters. The Morgan fingerprint density at radius 1 is 1.50 bits per heavy atom. The fourth-order valence-corrected chi connectivity index (χ4v) is 1.70. The van der Waals surface area contributed by atoms with Crippen LogP contribution in [0.3, 0.4) is 0 Å². The molecule has 1 aliphatic heterocycles. The summed E-state index contributed by atoms with van der Waals surface area (Å²) in [5, 5.41) is 9.47. The maximum absolute atomic E-state index is 9.47. The van der Waals surface area contributed by atoms with Crippen molar-refractivity contribution in [3.8, 4) is 0 Å². The normalized spacial score (nSPS) is 29.8. The summed E-state index contributed by atoms with van der Waals surface area (Å²) in [6, 6.07) is 4.07. The topological polar surface area (TPSA) is 36.4 Å². The van der Waals surface area contributed by atoms with Crippen molar-refractivity contribution in [2.75, 3.05) is 13.6 Å². The van der Waals surface area contributed by atoms with Gasteiger partial charge >= 0.3 is 0 Å². The van der Waals surface area contributed by atoms with Crippen molar-refractivity contribution in [2.45, 2.75) is 12.1 Å². The van der Waals surface area contributed by atoms with Crippen molar-refractivity contribution in [1.82, 2.24) is 9.88 Å². The maximum atomic E-state index is 9.47. The second-order valence-electron chi connectivity index (χ2n) is 3.23. The lowest BCUT2D eigenvalue weighted by Gasteiger charge is -2.43. The van der Waals surface area contributed by atoms with Crippen molar-refractivity contribution in [2.24, 2.45) is 0 Å². The summed E-state index contributed by atoms with van der Waals surface area (Å²) in [6.45, 7) is 0.771. The molecule has 1 aliphatic rings. The van der Waals surface area contributed by atoms with Gasteiger partial charge in [0.05, 0.1) is 12.1 Å². The van der Waals surface area contributed by atoms with Crippen LogP contribution in [0.5, 0.6) is 0 Å². The molecule has 0 saturated carbocycles. The number of pyridine rings is 1. The van der Waals surface area contributed by atoms with E-state index in [0.29, 0.717) is 0 Å². The van der Waals surface area contributed by atoms with Crippen LogP contribution < -0.4 is 0 Å². The van der Waals surface area contributed by atoms with E-state index in [1.54, 1.807) is 12.4 Å². The maximum Gasteiger partial charge on any atom is 0.0863 e. The molecule has 3 nitrogen and oxygen atoms in total. The average molecular weight is 164 g/mol. The van der Waals surface area contributed by atoms with Gasteiger partial charge in [-0.05, 0) is 24.7 Å². The number of aliphatic hydroxyl groups excluding tert-OH is 1. The van der Waals surface area contributed by atoms with E-state index in [1.807, 2.05) is 19.2 Å². The molecule has 1 fully saturated rings. The van der Waals surface area contributed by atoms with Crippen LogP contribution in [0.1, 0.15) is 11.6 Å². The number of aliphatic hydroxyl groups is 1. The van der Waals surface area contributed by atoms with Gasteiger partial charge in [0.15, 0.2) is 0 Å². The molecule has 0 spiro atoms. The highest BCUT2D eigenvalue weighted by atomic mass is 16.3. The third kappa shape index (κ3) is 1.11. The van der Waals surface area contributed by atoms with Crippen molar-refractivity contribution in [3.63, 3.8) is 0 Å². The van der Waals surface area contributed by atoms with Gasteiger partial charge in [0.2, 0.25) is 0 Å². The van der Waals surface area contributed by atoms with Crippen molar-refractivity contribution in [1.29, 1.82) is 0 Å². The molecule has 12 heavy (non-hydrogen) atoms. The van der Waals surface area contributed by atoms with Crippen LogP contribution >= 0.6 is 0 Å². The van der Waals surface area contributed by atoms with E-state index in [1.165, 1.54) is 0 Å². The molecule has 0 aromatic carbocycles. The van der Waals surface area contributed by atoms with Crippen LogP contribution in [-0.4, -0.2) is 34.7 Å². The Balaban J connectivity index is 2.20. The fraction of sp³-hybridized carbons (Fsp3) is 0.444. The number of likely N-dealkylation sites (tertiary alicyclic amines) is 1. The Hall–Kier alpha value is -0.930. The van der Waals surface area contributed by atoms with Crippen LogP contribution in [0, 0.1) is 0 Å². The summed E-state index contributed by atoms with van der Waals surface area (Å²) >= 11 is 0. The highest BCUT2D eigenvalue weighted by Gasteiger charge is 2.35. The molecule has 1 saturated heterocycles. The van der Waals surface area contributed by atoms with Crippen LogP contribution in [0.15, 0.2) is 24.5 Å². The SMILES string of the molecule is CN1CC(O)C1c1ccncc1. The van der Waals surface area contributed by atoms with Gasteiger partial charge < -0.3 is 5.11 Å². The average Bonchev–Trinajstić information content (AvgIpc) is 2.05. The Bertz CT molecular complexity index is 254. The molecule has 0 aliphatic carbocycles. The molecule has 3 heteroatoms. The van der Waals surface area contributed by atoms with E-state index in [0.717, 1.165) is 12.1 Å². The molecule has 0 bridgehead atoms. The van der Waals surface area contributed by atoms with Crippen LogP contribution in [0.25, 0.3) is 0 Å². The Labute approximate surface area is 71.7 Å². The first-order valence-corrected chi connectivity index (χ1v) is 4.07. The quantitative estimate of drug-likeness (QED) is 0.654. The molecule has 1 N–H and O–H groups in total. The largest absolute Gasteiger partial charge is 0.390 e. The number of aromatic nitrogens is 1. The lowest BCUT2D eigenvalue weighted by Crippen LogP contribution is -2.51. The van der Waals surface area contributed by atoms with Gasteiger partial charge in [-0.15, -0.1) is 0 Å². The zero-order chi connectivity index (χ0) is 8.55. The van der Waals surface area contributed by atoms with Gasteiger partial charge in [-0.2, -0.15) is 0 Å². The minimum absolute atomic E-state index is 0.174. The van der Waals surface area contributed by atoms with Crippen LogP contribution in [-0.2, 0) is 0 Å². The highest BCUT2D eigenvalue weighted by Crippen LogP contribution is 2.30. The summed E-state index contributed by atoms with van der Waals surface area (Å²) in [5.41, 5.74) is 1.14. The molecule has 2 rings (SSSR count). The second kappa shape index (κ2) is 2.84. The lowest BCUT2D eigenvalue weighted by molar-refractivity contribution is -0.0468. The predicted molar refractivity (Wildman–Crippen MR) is 45.6 cm³/mol. The summed E-state index contributed by atoms with van der Waals surface area (Å²) in [7, 11) is 2.01.